The maximum Gasteiger partial charge on any atom is 0.457 e. The third-order valence-corrected chi connectivity index (χ3v) is 1.61. The first-order chi connectivity index (χ1) is 5.27. The third kappa shape index (κ3) is 0.903. The molecule has 0 atom stereocenters. The molecule has 0 saturated carbocycles. The summed E-state index contributed by atoms with van der Waals surface area (Å²) in [4.78, 5) is 5.30. The second-order valence-electron chi connectivity index (χ2n) is 2.39. The standard InChI is InChI=1S/C6H8N4O/c7-9-1-2-10-5(4-9)3-8-6(10)11/h1-3H,4,7H2,(H,8,11)/q+1. The van der Waals surface area contributed by atoms with Crippen LogP contribution in [0.25, 0.3) is 0 Å². The van der Waals surface area contributed by atoms with E-state index < -0.39 is 0 Å². The van der Waals surface area contributed by atoms with Gasteiger partial charge in [0.15, 0.2) is 6.20 Å². The predicted molar refractivity (Wildman–Crippen MR) is 40.3 cm³/mol. The van der Waals surface area contributed by atoms with Crippen LogP contribution >= 0.6 is 0 Å². The van der Waals surface area contributed by atoms with Crippen LogP contribution in [0.5, 0.6) is 0 Å². The van der Waals surface area contributed by atoms with Gasteiger partial charge in [0, 0.05) is 0 Å². The summed E-state index contributed by atoms with van der Waals surface area (Å²) in [6.45, 7) is 0.573. The Hall–Kier alpha value is -1.33. The van der Waals surface area contributed by atoms with Gasteiger partial charge in [0.2, 0.25) is 5.70 Å². The van der Waals surface area contributed by atoms with Gasteiger partial charge in [-0.2, -0.15) is 4.99 Å². The van der Waals surface area contributed by atoms with Crippen molar-refractivity contribution in [2.75, 3.05) is 6.54 Å². The van der Waals surface area contributed by atoms with E-state index in [0.717, 1.165) is 5.70 Å². The number of amidine groups is 1. The minimum absolute atomic E-state index is 0.00403. The van der Waals surface area contributed by atoms with E-state index in [0.29, 0.717) is 6.54 Å². The molecule has 0 amide bonds. The van der Waals surface area contributed by atoms with Crippen molar-refractivity contribution in [3.63, 3.8) is 0 Å². The first-order valence-electron chi connectivity index (χ1n) is 3.22. The summed E-state index contributed by atoms with van der Waals surface area (Å²) < 4.78 is 0. The van der Waals surface area contributed by atoms with Crippen molar-refractivity contribution in [3.05, 3.63) is 24.3 Å². The van der Waals surface area contributed by atoms with Gasteiger partial charge in [-0.1, -0.05) is 0 Å². The number of hydrogen-bond acceptors (Lipinski definition) is 4. The van der Waals surface area contributed by atoms with Crippen molar-refractivity contribution in [2.24, 2.45) is 10.8 Å². The summed E-state index contributed by atoms with van der Waals surface area (Å²) in [5, 5.41) is 10.6. The van der Waals surface area contributed by atoms with Crippen LogP contribution < -0.4 is 10.7 Å². The van der Waals surface area contributed by atoms with Gasteiger partial charge in [-0.3, -0.25) is 0 Å². The van der Waals surface area contributed by atoms with E-state index in [1.54, 1.807) is 23.5 Å². The van der Waals surface area contributed by atoms with Crippen molar-refractivity contribution in [3.8, 4) is 0 Å². The van der Waals surface area contributed by atoms with Gasteiger partial charge in [-0.05, 0) is 4.90 Å². The average Bonchev–Trinajstić information content (AvgIpc) is 2.32. The van der Waals surface area contributed by atoms with Crippen LogP contribution in [0.15, 0.2) is 29.3 Å². The van der Waals surface area contributed by atoms with Gasteiger partial charge < -0.3 is 10.1 Å². The number of aliphatic imine (C=N–C) groups is 1. The SMILES string of the molecule is NN1C=C[N+]2C(=CN=C2O)C1. The summed E-state index contributed by atoms with van der Waals surface area (Å²) in [5.41, 5.74) is 0.882. The number of nitrogens with zero attached hydrogens (tertiary/aromatic N) is 3. The molecule has 0 aromatic rings. The molecule has 57 valence electrons. The zero-order chi connectivity index (χ0) is 7.84. The van der Waals surface area contributed by atoms with Crippen LogP contribution in [0.2, 0.25) is 0 Å². The van der Waals surface area contributed by atoms with Gasteiger partial charge in [0.25, 0.3) is 0 Å². The fourth-order valence-corrected chi connectivity index (χ4v) is 1.06. The molecule has 0 spiro atoms. The Bertz CT molecular complexity index is 268. The lowest BCUT2D eigenvalue weighted by Crippen LogP contribution is -2.40. The number of hydrazine groups is 1. The van der Waals surface area contributed by atoms with E-state index in [2.05, 4.69) is 4.99 Å². The molecule has 2 aliphatic heterocycles. The van der Waals surface area contributed by atoms with Crippen molar-refractivity contribution in [1.29, 1.82) is 0 Å². The molecule has 1 radical (unpaired) electrons. The van der Waals surface area contributed by atoms with Crippen molar-refractivity contribution in [2.45, 2.75) is 0 Å². The number of aliphatic hydroxyl groups is 1. The van der Waals surface area contributed by atoms with E-state index in [4.69, 9.17) is 10.9 Å². The van der Waals surface area contributed by atoms with Crippen molar-refractivity contribution in [1.82, 2.24) is 9.91 Å². The highest BCUT2D eigenvalue weighted by atomic mass is 16.3. The Morgan fingerprint density at radius 3 is 3.36 bits per heavy atom. The number of aliphatic hydroxyl groups excluding tert-OH is 1. The Morgan fingerprint density at radius 1 is 1.73 bits per heavy atom. The fourth-order valence-electron chi connectivity index (χ4n) is 1.06. The largest absolute Gasteiger partial charge is 0.457 e. The lowest BCUT2D eigenvalue weighted by atomic mass is 10.4. The molecule has 0 aliphatic carbocycles. The number of rotatable bonds is 0. The molecule has 0 fully saturated rings. The highest BCUT2D eigenvalue weighted by molar-refractivity contribution is 5.81. The average molecular weight is 152 g/mol. The second-order valence-corrected chi connectivity index (χ2v) is 2.39. The van der Waals surface area contributed by atoms with Crippen LogP contribution in [0.1, 0.15) is 0 Å². The highest BCUT2D eigenvalue weighted by Crippen LogP contribution is 2.13. The van der Waals surface area contributed by atoms with E-state index in [-0.39, 0.29) is 6.02 Å². The molecule has 0 bridgehead atoms. The minimum Gasteiger partial charge on any atom is -0.448 e. The number of hydrogen-bond donors (Lipinski definition) is 2. The van der Waals surface area contributed by atoms with Crippen LogP contribution in [-0.2, 0) is 0 Å². The topological polar surface area (TPSA) is 67.8 Å². The molecule has 0 aromatic heterocycles. The highest BCUT2D eigenvalue weighted by Gasteiger charge is 2.35. The Labute approximate surface area is 63.7 Å². The molecule has 0 aromatic carbocycles. The summed E-state index contributed by atoms with van der Waals surface area (Å²) in [6.07, 6.45) is 4.94. The lowest BCUT2D eigenvalue weighted by molar-refractivity contribution is 0.382. The van der Waals surface area contributed by atoms with Crippen LogP contribution in [0, 0.1) is 0 Å². The first kappa shape index (κ1) is 6.38. The molecule has 3 N–H and O–H groups in total. The third-order valence-electron chi connectivity index (χ3n) is 1.61. The molecule has 0 saturated heterocycles. The molecular formula is C6H8N4O+. The minimum atomic E-state index is 0.00403. The zero-order valence-electron chi connectivity index (χ0n) is 5.81. The predicted octanol–water partition coefficient (Wildman–Crippen LogP) is -0.444. The molecule has 5 heteroatoms. The van der Waals surface area contributed by atoms with E-state index in [1.807, 2.05) is 0 Å². The van der Waals surface area contributed by atoms with Crippen LogP contribution in [0.4, 0.5) is 0 Å². The van der Waals surface area contributed by atoms with Gasteiger partial charge >= 0.3 is 6.02 Å². The molecule has 11 heavy (non-hydrogen) atoms. The summed E-state index contributed by atoms with van der Waals surface area (Å²) in [6, 6.07) is 0.00403. The molecular weight excluding hydrogens is 144 g/mol. The van der Waals surface area contributed by atoms with Gasteiger partial charge in [0.05, 0.1) is 6.20 Å². The van der Waals surface area contributed by atoms with Gasteiger partial charge in [0.1, 0.15) is 12.7 Å². The van der Waals surface area contributed by atoms with E-state index in [1.165, 1.54) is 5.01 Å². The summed E-state index contributed by atoms with van der Waals surface area (Å²) in [5.74, 6) is 5.48. The lowest BCUT2D eigenvalue weighted by Gasteiger charge is -2.16. The summed E-state index contributed by atoms with van der Waals surface area (Å²) >= 11 is 0. The molecule has 2 aliphatic rings. The maximum atomic E-state index is 9.12. The molecule has 2 heterocycles. The molecule has 5 nitrogen and oxygen atoms in total. The van der Waals surface area contributed by atoms with Gasteiger partial charge in [-0.25, -0.2) is 5.84 Å². The number of fused-ring (bicyclic) bond motifs is 1. The normalized spacial score (nSPS) is 23.2. The Morgan fingerprint density at radius 2 is 2.55 bits per heavy atom. The van der Waals surface area contributed by atoms with Gasteiger partial charge in [-0.15, -0.1) is 0 Å². The smallest absolute Gasteiger partial charge is 0.448 e. The Balaban J connectivity index is 2.28. The van der Waals surface area contributed by atoms with Crippen LogP contribution in [0.3, 0.4) is 0 Å². The van der Waals surface area contributed by atoms with Crippen molar-refractivity contribution >= 4 is 6.02 Å². The maximum absolute atomic E-state index is 9.12. The van der Waals surface area contributed by atoms with Crippen LogP contribution in [-0.4, -0.2) is 22.7 Å². The fraction of sp³-hybridized carbons (Fsp3) is 0.167. The van der Waals surface area contributed by atoms with E-state index in [9.17, 15) is 0 Å². The quantitative estimate of drug-likeness (QED) is 0.365. The summed E-state index contributed by atoms with van der Waals surface area (Å²) in [7, 11) is 0. The molecule has 2 rings (SSSR count). The first-order valence-corrected chi connectivity index (χ1v) is 3.22. The number of nitrogens with two attached hydrogens (primary N) is 1. The Kier molecular flexibility index (Phi) is 1.21. The van der Waals surface area contributed by atoms with Crippen molar-refractivity contribution < 1.29 is 5.11 Å². The zero-order valence-corrected chi connectivity index (χ0v) is 5.81. The second kappa shape index (κ2) is 2.08. The van der Waals surface area contributed by atoms with E-state index >= 15 is 0 Å². The monoisotopic (exact) mass is 152 g/mol. The molecule has 0 unspecified atom stereocenters.